The Kier molecular flexibility index (Phi) is 4.36. The molecule has 5 heteroatoms. The van der Waals surface area contributed by atoms with Crippen molar-refractivity contribution in [3.8, 4) is 0 Å². The van der Waals surface area contributed by atoms with Crippen LogP contribution >= 0.6 is 27.7 Å². The predicted molar refractivity (Wildman–Crippen MR) is 88.0 cm³/mol. The molecule has 1 aliphatic carbocycles. The van der Waals surface area contributed by atoms with Gasteiger partial charge in [-0.2, -0.15) is 0 Å². The smallest absolute Gasteiger partial charge is 0.161 e. The topological polar surface area (TPSA) is 24.4 Å². The molecule has 0 atom stereocenters. The Balaban J connectivity index is 1.65. The van der Waals surface area contributed by atoms with Crippen molar-refractivity contribution in [3.05, 3.63) is 28.5 Å². The third-order valence-corrected chi connectivity index (χ3v) is 6.06. The van der Waals surface area contributed by atoms with E-state index in [2.05, 4.69) is 26.2 Å². The molecule has 0 saturated heterocycles. The highest BCUT2D eigenvalue weighted by atomic mass is 79.9. The summed E-state index contributed by atoms with van der Waals surface area (Å²) in [4.78, 5) is 4.69. The molecule has 1 heterocycles. The molecule has 108 valence electrons. The SMILES string of the molecule is Fc1cc(NC2=NCC3(CCCCC3)CS2)ccc1Br. The average molecular weight is 357 g/mol. The fourth-order valence-electron chi connectivity index (χ4n) is 2.93. The van der Waals surface area contributed by atoms with Crippen LogP contribution in [0.4, 0.5) is 10.1 Å². The van der Waals surface area contributed by atoms with Gasteiger partial charge in [-0.3, -0.25) is 4.99 Å². The lowest BCUT2D eigenvalue weighted by Crippen LogP contribution is -2.35. The minimum absolute atomic E-state index is 0.250. The first kappa shape index (κ1) is 14.4. The van der Waals surface area contributed by atoms with Crippen LogP contribution in [0.1, 0.15) is 32.1 Å². The zero-order valence-corrected chi connectivity index (χ0v) is 13.7. The fraction of sp³-hybridized carbons (Fsp3) is 0.533. The van der Waals surface area contributed by atoms with E-state index in [0.29, 0.717) is 9.89 Å². The van der Waals surface area contributed by atoms with Crippen LogP contribution < -0.4 is 5.32 Å². The summed E-state index contributed by atoms with van der Waals surface area (Å²) in [6.07, 6.45) is 6.68. The summed E-state index contributed by atoms with van der Waals surface area (Å²) in [6.45, 7) is 0.918. The Morgan fingerprint density at radius 2 is 2.05 bits per heavy atom. The van der Waals surface area contributed by atoms with Gasteiger partial charge in [0, 0.05) is 18.0 Å². The Labute approximate surface area is 131 Å². The maximum atomic E-state index is 13.5. The molecular weight excluding hydrogens is 339 g/mol. The Bertz CT molecular complexity index is 527. The summed E-state index contributed by atoms with van der Waals surface area (Å²) >= 11 is 4.94. The van der Waals surface area contributed by atoms with Crippen molar-refractivity contribution >= 4 is 38.5 Å². The first-order chi connectivity index (χ1) is 9.67. The molecule has 3 rings (SSSR count). The van der Waals surface area contributed by atoms with Crippen molar-refractivity contribution < 1.29 is 4.39 Å². The highest BCUT2D eigenvalue weighted by Gasteiger charge is 2.34. The predicted octanol–water partition coefficient (Wildman–Crippen LogP) is 5.05. The second-order valence-corrected chi connectivity index (χ2v) is 7.54. The van der Waals surface area contributed by atoms with Crippen molar-refractivity contribution in [1.82, 2.24) is 0 Å². The number of hydrogen-bond donors (Lipinski definition) is 1. The highest BCUT2D eigenvalue weighted by molar-refractivity contribution is 9.10. The van der Waals surface area contributed by atoms with Gasteiger partial charge in [-0.15, -0.1) is 0 Å². The van der Waals surface area contributed by atoms with E-state index in [-0.39, 0.29) is 5.82 Å². The first-order valence-electron chi connectivity index (χ1n) is 7.06. The van der Waals surface area contributed by atoms with Gasteiger partial charge >= 0.3 is 0 Å². The van der Waals surface area contributed by atoms with E-state index >= 15 is 0 Å². The number of anilines is 1. The summed E-state index contributed by atoms with van der Waals surface area (Å²) in [5.74, 6) is 0.887. The van der Waals surface area contributed by atoms with Crippen molar-refractivity contribution in [2.24, 2.45) is 10.4 Å². The fourth-order valence-corrected chi connectivity index (χ4v) is 4.34. The van der Waals surface area contributed by atoms with Crippen LogP contribution in [0.3, 0.4) is 0 Å². The van der Waals surface area contributed by atoms with Crippen LogP contribution in [0.2, 0.25) is 0 Å². The molecule has 2 aliphatic rings. The van der Waals surface area contributed by atoms with Crippen LogP contribution in [0.25, 0.3) is 0 Å². The van der Waals surface area contributed by atoms with Gasteiger partial charge < -0.3 is 5.32 Å². The number of thioether (sulfide) groups is 1. The molecule has 0 bridgehead atoms. The number of rotatable bonds is 1. The molecule has 0 amide bonds. The van der Waals surface area contributed by atoms with Gasteiger partial charge in [0.25, 0.3) is 0 Å². The summed E-state index contributed by atoms with van der Waals surface area (Å²) in [5, 5.41) is 4.14. The lowest BCUT2D eigenvalue weighted by Gasteiger charge is -2.38. The van der Waals surface area contributed by atoms with E-state index < -0.39 is 0 Å². The third-order valence-electron chi connectivity index (χ3n) is 4.16. The van der Waals surface area contributed by atoms with Crippen LogP contribution in [0.15, 0.2) is 27.7 Å². The molecule has 20 heavy (non-hydrogen) atoms. The van der Waals surface area contributed by atoms with Crippen LogP contribution in [-0.4, -0.2) is 17.5 Å². The Hall–Kier alpha value is -0.550. The first-order valence-corrected chi connectivity index (χ1v) is 8.84. The number of benzene rings is 1. The highest BCUT2D eigenvalue weighted by Crippen LogP contribution is 2.42. The van der Waals surface area contributed by atoms with Crippen molar-refractivity contribution in [1.29, 1.82) is 0 Å². The molecule has 1 aromatic carbocycles. The maximum absolute atomic E-state index is 13.5. The van der Waals surface area contributed by atoms with Gasteiger partial charge in [-0.1, -0.05) is 31.0 Å². The van der Waals surface area contributed by atoms with E-state index in [4.69, 9.17) is 0 Å². The number of hydrogen-bond acceptors (Lipinski definition) is 3. The van der Waals surface area contributed by atoms with Gasteiger partial charge in [0.2, 0.25) is 0 Å². The lowest BCUT2D eigenvalue weighted by molar-refractivity contribution is 0.232. The number of nitrogens with zero attached hydrogens (tertiary/aromatic N) is 1. The molecule has 1 saturated carbocycles. The number of nitrogens with one attached hydrogen (secondary N) is 1. The van der Waals surface area contributed by atoms with Gasteiger partial charge in [0.05, 0.1) is 4.47 Å². The monoisotopic (exact) mass is 356 g/mol. The maximum Gasteiger partial charge on any atom is 0.161 e. The zero-order chi connectivity index (χ0) is 14.0. The molecule has 1 fully saturated rings. The van der Waals surface area contributed by atoms with E-state index in [1.807, 2.05) is 6.07 Å². The van der Waals surface area contributed by atoms with Crippen LogP contribution in [0, 0.1) is 11.2 Å². The standard InChI is InChI=1S/C15H18BrFN2S/c16-12-5-4-11(8-13(12)17)19-14-18-9-15(10-20-14)6-2-1-3-7-15/h4-5,8H,1-3,6-7,9-10H2,(H,18,19). The number of aliphatic imine (C=N–C) groups is 1. The average Bonchev–Trinajstić information content (AvgIpc) is 2.47. The molecule has 1 N–H and O–H groups in total. The van der Waals surface area contributed by atoms with Crippen molar-refractivity contribution in [2.45, 2.75) is 32.1 Å². The molecule has 1 spiro atoms. The lowest BCUT2D eigenvalue weighted by atomic mass is 9.75. The molecule has 1 aromatic rings. The zero-order valence-electron chi connectivity index (χ0n) is 11.3. The number of halogens is 2. The largest absolute Gasteiger partial charge is 0.335 e. The van der Waals surface area contributed by atoms with Crippen molar-refractivity contribution in [3.63, 3.8) is 0 Å². The molecule has 0 aromatic heterocycles. The Morgan fingerprint density at radius 3 is 2.70 bits per heavy atom. The molecule has 1 aliphatic heterocycles. The molecule has 2 nitrogen and oxygen atoms in total. The molecule has 0 radical (unpaired) electrons. The minimum atomic E-state index is -0.250. The van der Waals surface area contributed by atoms with E-state index in [1.54, 1.807) is 17.8 Å². The van der Waals surface area contributed by atoms with E-state index in [1.165, 1.54) is 38.2 Å². The van der Waals surface area contributed by atoms with Gasteiger partial charge in [0.1, 0.15) is 5.82 Å². The van der Waals surface area contributed by atoms with Crippen LogP contribution in [0.5, 0.6) is 0 Å². The van der Waals surface area contributed by atoms with Gasteiger partial charge in [-0.25, -0.2) is 4.39 Å². The normalized spacial score (nSPS) is 21.6. The third kappa shape index (κ3) is 3.19. The molecular formula is C15H18BrFN2S. The summed E-state index contributed by atoms with van der Waals surface area (Å²) in [5.41, 5.74) is 1.19. The van der Waals surface area contributed by atoms with Gasteiger partial charge in [0.15, 0.2) is 5.17 Å². The second-order valence-electron chi connectivity index (χ2n) is 5.72. The summed E-state index contributed by atoms with van der Waals surface area (Å²) in [7, 11) is 0. The Morgan fingerprint density at radius 1 is 1.25 bits per heavy atom. The van der Waals surface area contributed by atoms with E-state index in [0.717, 1.165) is 23.2 Å². The quantitative estimate of drug-likeness (QED) is 0.760. The summed E-state index contributed by atoms with van der Waals surface area (Å²) < 4.78 is 14.0. The van der Waals surface area contributed by atoms with E-state index in [9.17, 15) is 4.39 Å². The van der Waals surface area contributed by atoms with Gasteiger partial charge in [-0.05, 0) is 52.4 Å². The summed E-state index contributed by atoms with van der Waals surface area (Å²) in [6, 6.07) is 5.08. The van der Waals surface area contributed by atoms with Crippen molar-refractivity contribution in [2.75, 3.05) is 17.6 Å². The van der Waals surface area contributed by atoms with Crippen LogP contribution in [-0.2, 0) is 0 Å². The minimum Gasteiger partial charge on any atom is -0.335 e. The molecule has 0 unspecified atom stereocenters. The second kappa shape index (κ2) is 6.06. The number of amidine groups is 1.